The van der Waals surface area contributed by atoms with Gasteiger partial charge < -0.3 is 0 Å². The molecule has 5 rings (SSSR count). The standard InChI is InChI=1S/C26H13F5/c27-17-10-9-15(13-21(17)31)23-24-16(7-4-8-18(24)28)22(14-5-2-1-3-6-14)25-19(29)11-12-20(30)26(23)25/h1-13H. The van der Waals surface area contributed by atoms with Crippen LogP contribution in [0.15, 0.2) is 78.9 Å². The van der Waals surface area contributed by atoms with E-state index in [1.165, 1.54) is 18.2 Å². The quantitative estimate of drug-likeness (QED) is 0.200. The summed E-state index contributed by atoms with van der Waals surface area (Å²) in [7, 11) is 0. The molecule has 0 saturated carbocycles. The molecule has 0 aliphatic rings. The van der Waals surface area contributed by atoms with Crippen molar-refractivity contribution in [3.8, 4) is 22.3 Å². The van der Waals surface area contributed by atoms with E-state index in [4.69, 9.17) is 0 Å². The van der Waals surface area contributed by atoms with Crippen LogP contribution >= 0.6 is 0 Å². The van der Waals surface area contributed by atoms with Crippen LogP contribution in [-0.4, -0.2) is 0 Å². The molecular formula is C26H13F5. The fourth-order valence-corrected chi connectivity index (χ4v) is 4.13. The summed E-state index contributed by atoms with van der Waals surface area (Å²) in [5, 5.41) is 0.0961. The number of fused-ring (bicyclic) bond motifs is 2. The first-order valence-electron chi connectivity index (χ1n) is 9.50. The van der Waals surface area contributed by atoms with Gasteiger partial charge in [-0.3, -0.25) is 0 Å². The van der Waals surface area contributed by atoms with Gasteiger partial charge in [0.1, 0.15) is 17.5 Å². The predicted molar refractivity (Wildman–Crippen MR) is 112 cm³/mol. The van der Waals surface area contributed by atoms with Gasteiger partial charge in [-0.1, -0.05) is 48.5 Å². The lowest BCUT2D eigenvalue weighted by molar-refractivity contribution is 0.509. The molecular weight excluding hydrogens is 407 g/mol. The van der Waals surface area contributed by atoms with Crippen molar-refractivity contribution in [2.24, 2.45) is 0 Å². The third kappa shape index (κ3) is 2.96. The Hall–Kier alpha value is -3.73. The minimum Gasteiger partial charge on any atom is -0.206 e. The van der Waals surface area contributed by atoms with Crippen LogP contribution in [0.5, 0.6) is 0 Å². The van der Waals surface area contributed by atoms with Crippen molar-refractivity contribution >= 4 is 21.5 Å². The van der Waals surface area contributed by atoms with E-state index in [0.717, 1.165) is 24.3 Å². The SMILES string of the molecule is Fc1ccc(-c2c3c(F)cccc3c(-c3ccccc3)c3c(F)ccc(F)c23)cc1F. The maximum absolute atomic E-state index is 15.2. The van der Waals surface area contributed by atoms with Crippen molar-refractivity contribution in [3.63, 3.8) is 0 Å². The molecule has 31 heavy (non-hydrogen) atoms. The molecule has 0 amide bonds. The summed E-state index contributed by atoms with van der Waals surface area (Å²) >= 11 is 0. The molecule has 152 valence electrons. The zero-order valence-corrected chi connectivity index (χ0v) is 15.9. The molecule has 0 spiro atoms. The second kappa shape index (κ2) is 7.20. The first-order valence-corrected chi connectivity index (χ1v) is 9.50. The summed E-state index contributed by atoms with van der Waals surface area (Å²) in [6.07, 6.45) is 0. The molecule has 0 saturated heterocycles. The lowest BCUT2D eigenvalue weighted by Crippen LogP contribution is -1.98. The summed E-state index contributed by atoms with van der Waals surface area (Å²) in [4.78, 5) is 0. The van der Waals surface area contributed by atoms with E-state index in [0.29, 0.717) is 16.5 Å². The van der Waals surface area contributed by atoms with Crippen molar-refractivity contribution in [2.75, 3.05) is 0 Å². The van der Waals surface area contributed by atoms with Gasteiger partial charge in [-0.25, -0.2) is 22.0 Å². The van der Waals surface area contributed by atoms with E-state index in [1.807, 2.05) is 0 Å². The number of halogens is 5. The first kappa shape index (κ1) is 19.2. The van der Waals surface area contributed by atoms with Crippen LogP contribution < -0.4 is 0 Å². The van der Waals surface area contributed by atoms with Crippen LogP contribution in [0, 0.1) is 29.1 Å². The van der Waals surface area contributed by atoms with Gasteiger partial charge in [-0.2, -0.15) is 0 Å². The summed E-state index contributed by atoms with van der Waals surface area (Å²) < 4.78 is 73.2. The maximum atomic E-state index is 15.2. The fraction of sp³-hybridized carbons (Fsp3) is 0. The minimum atomic E-state index is -1.17. The molecule has 0 nitrogen and oxygen atoms in total. The Balaban J connectivity index is 2.10. The van der Waals surface area contributed by atoms with E-state index in [1.54, 1.807) is 36.4 Å². The largest absolute Gasteiger partial charge is 0.206 e. The Kier molecular flexibility index (Phi) is 4.47. The Morgan fingerprint density at radius 2 is 1.00 bits per heavy atom. The molecule has 0 radical (unpaired) electrons. The van der Waals surface area contributed by atoms with Crippen LogP contribution in [0.1, 0.15) is 0 Å². The molecule has 0 unspecified atom stereocenters. The smallest absolute Gasteiger partial charge is 0.159 e. The van der Waals surface area contributed by atoms with Crippen LogP contribution in [0.25, 0.3) is 43.8 Å². The van der Waals surface area contributed by atoms with Crippen LogP contribution in [0.3, 0.4) is 0 Å². The van der Waals surface area contributed by atoms with Gasteiger partial charge in [0.25, 0.3) is 0 Å². The van der Waals surface area contributed by atoms with Crippen LogP contribution in [0.2, 0.25) is 0 Å². The molecule has 0 fully saturated rings. The summed E-state index contributed by atoms with van der Waals surface area (Å²) in [6, 6.07) is 17.9. The van der Waals surface area contributed by atoms with Gasteiger partial charge in [0.2, 0.25) is 0 Å². The van der Waals surface area contributed by atoms with Crippen molar-refractivity contribution in [1.29, 1.82) is 0 Å². The van der Waals surface area contributed by atoms with Gasteiger partial charge >= 0.3 is 0 Å². The van der Waals surface area contributed by atoms with Crippen molar-refractivity contribution in [2.45, 2.75) is 0 Å². The molecule has 5 aromatic rings. The minimum absolute atomic E-state index is 0.00404. The van der Waals surface area contributed by atoms with E-state index in [-0.39, 0.29) is 27.3 Å². The number of hydrogen-bond acceptors (Lipinski definition) is 0. The molecule has 0 heterocycles. The van der Waals surface area contributed by atoms with Gasteiger partial charge in [0.05, 0.1) is 0 Å². The highest BCUT2D eigenvalue weighted by molar-refractivity contribution is 6.21. The van der Waals surface area contributed by atoms with Gasteiger partial charge in [-0.15, -0.1) is 0 Å². The van der Waals surface area contributed by atoms with E-state index in [9.17, 15) is 8.78 Å². The van der Waals surface area contributed by atoms with Gasteiger partial charge in [0, 0.05) is 27.3 Å². The topological polar surface area (TPSA) is 0 Å². The highest BCUT2D eigenvalue weighted by Crippen LogP contribution is 2.46. The Morgan fingerprint density at radius 1 is 0.387 bits per heavy atom. The molecule has 5 heteroatoms. The Bertz CT molecular complexity index is 1470. The van der Waals surface area contributed by atoms with Gasteiger partial charge in [0.15, 0.2) is 11.6 Å². The Morgan fingerprint density at radius 3 is 1.68 bits per heavy atom. The molecule has 0 aliphatic carbocycles. The second-order valence-corrected chi connectivity index (χ2v) is 7.19. The molecule has 0 N–H and O–H groups in total. The summed E-state index contributed by atoms with van der Waals surface area (Å²) in [5.74, 6) is -4.44. The lowest BCUT2D eigenvalue weighted by atomic mass is 9.85. The van der Waals surface area contributed by atoms with E-state index < -0.39 is 29.1 Å². The van der Waals surface area contributed by atoms with Gasteiger partial charge in [-0.05, 0) is 46.8 Å². The number of rotatable bonds is 2. The van der Waals surface area contributed by atoms with Crippen LogP contribution in [0.4, 0.5) is 22.0 Å². The molecule has 0 bridgehead atoms. The zero-order chi connectivity index (χ0) is 21.7. The molecule has 0 aromatic heterocycles. The van der Waals surface area contributed by atoms with Crippen molar-refractivity contribution < 1.29 is 22.0 Å². The zero-order valence-electron chi connectivity index (χ0n) is 15.9. The highest BCUT2D eigenvalue weighted by atomic mass is 19.2. The Labute approximate surface area is 174 Å². The first-order chi connectivity index (χ1) is 15.0. The van der Waals surface area contributed by atoms with Crippen molar-refractivity contribution in [3.05, 3.63) is 108 Å². The molecule has 0 aliphatic heterocycles. The summed E-state index contributed by atoms with van der Waals surface area (Å²) in [5.41, 5.74) is 0.916. The second-order valence-electron chi connectivity index (χ2n) is 7.19. The highest BCUT2D eigenvalue weighted by Gasteiger charge is 2.24. The monoisotopic (exact) mass is 420 g/mol. The number of benzene rings is 5. The fourth-order valence-electron chi connectivity index (χ4n) is 4.13. The molecule has 0 atom stereocenters. The molecule has 5 aromatic carbocycles. The average molecular weight is 420 g/mol. The predicted octanol–water partition coefficient (Wildman–Crippen LogP) is 8.02. The van der Waals surface area contributed by atoms with Crippen LogP contribution in [-0.2, 0) is 0 Å². The lowest BCUT2D eigenvalue weighted by Gasteiger charge is -2.19. The average Bonchev–Trinajstić information content (AvgIpc) is 2.77. The summed E-state index contributed by atoms with van der Waals surface area (Å²) in [6.45, 7) is 0. The maximum Gasteiger partial charge on any atom is 0.159 e. The normalized spacial score (nSPS) is 11.4. The number of hydrogen-bond donors (Lipinski definition) is 0. The third-order valence-corrected chi connectivity index (χ3v) is 5.41. The third-order valence-electron chi connectivity index (χ3n) is 5.41. The van der Waals surface area contributed by atoms with E-state index >= 15 is 13.2 Å². The van der Waals surface area contributed by atoms with Crippen molar-refractivity contribution in [1.82, 2.24) is 0 Å². The van der Waals surface area contributed by atoms with E-state index in [2.05, 4.69) is 0 Å².